The quantitative estimate of drug-likeness (QED) is 0.568. The van der Waals surface area contributed by atoms with Gasteiger partial charge in [0, 0.05) is 12.6 Å². The maximum atomic E-state index is 3.63. The molecule has 0 unspecified atom stereocenters. The molecule has 0 spiro atoms. The highest BCUT2D eigenvalue weighted by molar-refractivity contribution is 4.73. The van der Waals surface area contributed by atoms with Crippen LogP contribution in [0.25, 0.3) is 0 Å². The van der Waals surface area contributed by atoms with Crippen LogP contribution in [0.2, 0.25) is 0 Å². The van der Waals surface area contributed by atoms with E-state index in [1.165, 1.54) is 0 Å². The fraction of sp³-hybridized carbons (Fsp3) is 0.750. The summed E-state index contributed by atoms with van der Waals surface area (Å²) in [5.41, 5.74) is 0. The molecule has 0 aliphatic carbocycles. The van der Waals surface area contributed by atoms with E-state index in [4.69, 9.17) is 0 Å². The summed E-state index contributed by atoms with van der Waals surface area (Å²) in [4.78, 5) is 0. The van der Waals surface area contributed by atoms with E-state index in [2.05, 4.69) is 32.7 Å². The second kappa shape index (κ2) is 4.57. The van der Waals surface area contributed by atoms with Crippen molar-refractivity contribution in [1.82, 2.24) is 5.32 Å². The average molecular weight is 127 g/mol. The summed E-state index contributed by atoms with van der Waals surface area (Å²) < 4.78 is 0. The van der Waals surface area contributed by atoms with Crippen LogP contribution in [0.5, 0.6) is 0 Å². The first-order valence-electron chi connectivity index (χ1n) is 3.52. The molecular formula is C8H17N. The molecule has 1 heteroatoms. The van der Waals surface area contributed by atoms with Gasteiger partial charge < -0.3 is 5.32 Å². The van der Waals surface area contributed by atoms with Crippen LogP contribution in [-0.4, -0.2) is 12.6 Å². The van der Waals surface area contributed by atoms with Crippen LogP contribution in [-0.2, 0) is 0 Å². The van der Waals surface area contributed by atoms with Crippen molar-refractivity contribution in [1.29, 1.82) is 0 Å². The second-order valence-electron chi connectivity index (χ2n) is 2.73. The van der Waals surface area contributed by atoms with Crippen LogP contribution in [0.3, 0.4) is 0 Å². The molecule has 1 atom stereocenters. The third-order valence-corrected chi connectivity index (χ3v) is 1.58. The van der Waals surface area contributed by atoms with Crippen LogP contribution in [0.1, 0.15) is 20.8 Å². The highest BCUT2D eigenvalue weighted by Gasteiger charge is 2.02. The van der Waals surface area contributed by atoms with E-state index in [0.29, 0.717) is 12.0 Å². The molecule has 0 heterocycles. The Morgan fingerprint density at radius 1 is 1.44 bits per heavy atom. The molecule has 0 aromatic rings. The van der Waals surface area contributed by atoms with Crippen LogP contribution in [0.4, 0.5) is 0 Å². The van der Waals surface area contributed by atoms with Crippen molar-refractivity contribution in [3.63, 3.8) is 0 Å². The molecule has 54 valence electrons. The Morgan fingerprint density at radius 2 is 2.00 bits per heavy atom. The van der Waals surface area contributed by atoms with Gasteiger partial charge in [0.1, 0.15) is 0 Å². The minimum Gasteiger partial charge on any atom is -0.311 e. The molecule has 0 amide bonds. The SMILES string of the molecule is C=CCN[C@H](C)C(C)C. The maximum absolute atomic E-state index is 3.63. The van der Waals surface area contributed by atoms with Crippen molar-refractivity contribution in [3.8, 4) is 0 Å². The Morgan fingerprint density at radius 3 is 2.33 bits per heavy atom. The highest BCUT2D eigenvalue weighted by atomic mass is 14.9. The summed E-state index contributed by atoms with van der Waals surface area (Å²) >= 11 is 0. The van der Waals surface area contributed by atoms with Crippen molar-refractivity contribution in [3.05, 3.63) is 12.7 Å². The number of nitrogens with one attached hydrogen (secondary N) is 1. The smallest absolute Gasteiger partial charge is 0.0134 e. The molecule has 1 N–H and O–H groups in total. The molecule has 0 aliphatic heterocycles. The van der Waals surface area contributed by atoms with Crippen LogP contribution in [0, 0.1) is 5.92 Å². The van der Waals surface area contributed by atoms with E-state index < -0.39 is 0 Å². The van der Waals surface area contributed by atoms with Gasteiger partial charge in [0.05, 0.1) is 0 Å². The number of hydrogen-bond donors (Lipinski definition) is 1. The van der Waals surface area contributed by atoms with Gasteiger partial charge in [0.15, 0.2) is 0 Å². The molecule has 0 saturated heterocycles. The van der Waals surface area contributed by atoms with Crippen LogP contribution >= 0.6 is 0 Å². The number of hydrogen-bond acceptors (Lipinski definition) is 1. The van der Waals surface area contributed by atoms with Gasteiger partial charge in [0.2, 0.25) is 0 Å². The molecule has 0 aromatic carbocycles. The fourth-order valence-corrected chi connectivity index (χ4v) is 0.505. The summed E-state index contributed by atoms with van der Waals surface area (Å²) in [7, 11) is 0. The Bertz CT molecular complexity index is 76.6. The molecule has 9 heavy (non-hydrogen) atoms. The van der Waals surface area contributed by atoms with Gasteiger partial charge in [-0.2, -0.15) is 0 Å². The van der Waals surface area contributed by atoms with Crippen molar-refractivity contribution < 1.29 is 0 Å². The Balaban J connectivity index is 3.26. The number of rotatable bonds is 4. The van der Waals surface area contributed by atoms with E-state index in [1.54, 1.807) is 0 Å². The minimum atomic E-state index is 0.600. The molecule has 0 saturated carbocycles. The first kappa shape index (κ1) is 8.70. The lowest BCUT2D eigenvalue weighted by molar-refractivity contribution is 0.445. The lowest BCUT2D eigenvalue weighted by Crippen LogP contribution is -2.30. The largest absolute Gasteiger partial charge is 0.311 e. The van der Waals surface area contributed by atoms with Crippen molar-refractivity contribution in [2.45, 2.75) is 26.8 Å². The molecule has 0 rings (SSSR count). The maximum Gasteiger partial charge on any atom is 0.0134 e. The predicted octanol–water partition coefficient (Wildman–Crippen LogP) is 1.81. The molecule has 0 aliphatic rings. The van der Waals surface area contributed by atoms with Gasteiger partial charge in [-0.15, -0.1) is 6.58 Å². The van der Waals surface area contributed by atoms with E-state index in [-0.39, 0.29) is 0 Å². The molecule has 0 radical (unpaired) electrons. The standard InChI is InChI=1S/C8H17N/c1-5-6-9-8(4)7(2)3/h5,7-9H,1,6H2,2-4H3/t8-/m1/s1. The lowest BCUT2D eigenvalue weighted by atomic mass is 10.1. The zero-order chi connectivity index (χ0) is 7.28. The molecule has 1 nitrogen and oxygen atoms in total. The third kappa shape index (κ3) is 4.22. The van der Waals surface area contributed by atoms with Crippen LogP contribution in [0.15, 0.2) is 12.7 Å². The first-order chi connectivity index (χ1) is 4.18. The Hall–Kier alpha value is -0.300. The third-order valence-electron chi connectivity index (χ3n) is 1.58. The van der Waals surface area contributed by atoms with Crippen molar-refractivity contribution in [2.75, 3.05) is 6.54 Å². The fourth-order valence-electron chi connectivity index (χ4n) is 0.505. The van der Waals surface area contributed by atoms with Gasteiger partial charge in [-0.1, -0.05) is 19.9 Å². The lowest BCUT2D eigenvalue weighted by Gasteiger charge is -2.15. The monoisotopic (exact) mass is 127 g/mol. The van der Waals surface area contributed by atoms with Gasteiger partial charge in [0.25, 0.3) is 0 Å². The summed E-state index contributed by atoms with van der Waals surface area (Å²) in [5, 5.41) is 3.31. The summed E-state index contributed by atoms with van der Waals surface area (Å²) in [5.74, 6) is 0.713. The Labute approximate surface area is 58.2 Å². The minimum absolute atomic E-state index is 0.600. The molecule has 0 fully saturated rings. The first-order valence-corrected chi connectivity index (χ1v) is 3.52. The topological polar surface area (TPSA) is 12.0 Å². The van der Waals surface area contributed by atoms with Gasteiger partial charge in [-0.25, -0.2) is 0 Å². The van der Waals surface area contributed by atoms with Crippen molar-refractivity contribution in [2.24, 2.45) is 5.92 Å². The second-order valence-corrected chi connectivity index (χ2v) is 2.73. The van der Waals surface area contributed by atoms with Gasteiger partial charge in [-0.3, -0.25) is 0 Å². The molecule has 0 bridgehead atoms. The molecular weight excluding hydrogens is 110 g/mol. The van der Waals surface area contributed by atoms with E-state index in [1.807, 2.05) is 6.08 Å². The normalized spacial score (nSPS) is 13.8. The zero-order valence-corrected chi connectivity index (χ0v) is 6.65. The van der Waals surface area contributed by atoms with Crippen LogP contribution < -0.4 is 5.32 Å². The molecule has 0 aromatic heterocycles. The average Bonchev–Trinajstić information content (AvgIpc) is 1.82. The van der Waals surface area contributed by atoms with Gasteiger partial charge in [-0.05, 0) is 12.8 Å². The van der Waals surface area contributed by atoms with E-state index in [9.17, 15) is 0 Å². The van der Waals surface area contributed by atoms with Gasteiger partial charge >= 0.3 is 0 Å². The zero-order valence-electron chi connectivity index (χ0n) is 6.65. The summed E-state index contributed by atoms with van der Waals surface area (Å²) in [6.45, 7) is 11.2. The summed E-state index contributed by atoms with van der Waals surface area (Å²) in [6.07, 6.45) is 1.89. The van der Waals surface area contributed by atoms with E-state index in [0.717, 1.165) is 6.54 Å². The predicted molar refractivity (Wildman–Crippen MR) is 42.5 cm³/mol. The Kier molecular flexibility index (Phi) is 4.41. The van der Waals surface area contributed by atoms with Crippen molar-refractivity contribution >= 4 is 0 Å². The highest BCUT2D eigenvalue weighted by Crippen LogP contribution is 1.98. The van der Waals surface area contributed by atoms with E-state index >= 15 is 0 Å². The summed E-state index contributed by atoms with van der Waals surface area (Å²) in [6, 6.07) is 0.600.